The maximum absolute atomic E-state index is 13.5. The Labute approximate surface area is 119 Å². The Bertz CT molecular complexity index is 834. The van der Waals surface area contributed by atoms with Crippen LogP contribution in [0.5, 0.6) is 0 Å². The molecule has 0 bridgehead atoms. The fraction of sp³-hybridized carbons (Fsp3) is 0. The number of hydrogen-bond acceptors (Lipinski definition) is 5. The molecule has 0 N–H and O–H groups in total. The molecule has 1 aromatic carbocycles. The van der Waals surface area contributed by atoms with Gasteiger partial charge in [0, 0.05) is 23.9 Å². The van der Waals surface area contributed by atoms with Gasteiger partial charge in [-0.1, -0.05) is 0 Å². The van der Waals surface area contributed by atoms with Crippen LogP contribution in [0.3, 0.4) is 0 Å². The Morgan fingerprint density at radius 2 is 2.15 bits per heavy atom. The highest BCUT2D eigenvalue weighted by Gasteiger charge is 2.19. The summed E-state index contributed by atoms with van der Waals surface area (Å²) in [5.41, 5.74) is 0.372. The second kappa shape index (κ2) is 4.64. The van der Waals surface area contributed by atoms with E-state index in [1.165, 1.54) is 0 Å². The maximum Gasteiger partial charge on any atom is 0.307 e. The lowest BCUT2D eigenvalue weighted by atomic mass is 10.2. The van der Waals surface area contributed by atoms with E-state index in [0.29, 0.717) is 10.2 Å². The predicted octanol–water partition coefficient (Wildman–Crippen LogP) is 3.70. The molecule has 0 saturated heterocycles. The third-order valence-corrected chi connectivity index (χ3v) is 3.06. The minimum Gasteiger partial charge on any atom is -0.436 e. The number of nitro benzene ring substituents is 1. The number of rotatable bonds is 2. The fourth-order valence-corrected chi connectivity index (χ4v) is 2.10. The van der Waals surface area contributed by atoms with Crippen LogP contribution in [0.4, 0.5) is 10.1 Å². The molecule has 0 aliphatic carbocycles. The Balaban J connectivity index is 2.18. The van der Waals surface area contributed by atoms with Gasteiger partial charge in [0.05, 0.1) is 4.92 Å². The number of nitrogens with zero attached hydrogens (tertiary/aromatic N) is 3. The van der Waals surface area contributed by atoms with Crippen molar-refractivity contribution in [3.63, 3.8) is 0 Å². The fourth-order valence-electron chi connectivity index (χ4n) is 1.74. The Morgan fingerprint density at radius 3 is 2.85 bits per heavy atom. The largest absolute Gasteiger partial charge is 0.436 e. The molecule has 0 atom stereocenters. The first-order chi connectivity index (χ1) is 9.54. The van der Waals surface area contributed by atoms with E-state index < -0.39 is 16.4 Å². The number of pyridine rings is 1. The summed E-state index contributed by atoms with van der Waals surface area (Å²) in [5.74, 6) is -0.718. The second-order valence-electron chi connectivity index (χ2n) is 3.91. The average molecular weight is 338 g/mol. The number of benzene rings is 1. The molecule has 2 heterocycles. The van der Waals surface area contributed by atoms with Gasteiger partial charge in [0.15, 0.2) is 5.58 Å². The highest BCUT2D eigenvalue weighted by molar-refractivity contribution is 9.10. The summed E-state index contributed by atoms with van der Waals surface area (Å²) in [4.78, 5) is 18.0. The third kappa shape index (κ3) is 2.14. The molecule has 6 nitrogen and oxygen atoms in total. The SMILES string of the molecule is O=[N+]([O-])c1cc2nc(-c3ccnc(Br)c3)oc2cc1F. The molecule has 2 aromatic heterocycles. The number of halogens is 2. The summed E-state index contributed by atoms with van der Waals surface area (Å²) in [6.45, 7) is 0. The lowest BCUT2D eigenvalue weighted by Gasteiger charge is -1.94. The van der Waals surface area contributed by atoms with Crippen molar-refractivity contribution >= 4 is 32.7 Å². The van der Waals surface area contributed by atoms with E-state index in [4.69, 9.17) is 4.42 Å². The van der Waals surface area contributed by atoms with E-state index >= 15 is 0 Å². The molecule has 0 unspecified atom stereocenters. The quantitative estimate of drug-likeness (QED) is 0.404. The van der Waals surface area contributed by atoms with Crippen LogP contribution >= 0.6 is 15.9 Å². The zero-order valence-corrected chi connectivity index (χ0v) is 11.3. The number of hydrogen-bond donors (Lipinski definition) is 0. The van der Waals surface area contributed by atoms with Gasteiger partial charge in [0.25, 0.3) is 0 Å². The predicted molar refractivity (Wildman–Crippen MR) is 71.6 cm³/mol. The summed E-state index contributed by atoms with van der Waals surface area (Å²) in [6.07, 6.45) is 1.55. The van der Waals surface area contributed by atoms with Crippen molar-refractivity contribution in [1.29, 1.82) is 0 Å². The number of oxazole rings is 1. The van der Waals surface area contributed by atoms with Gasteiger partial charge in [-0.15, -0.1) is 0 Å². The summed E-state index contributed by atoms with van der Waals surface area (Å²) in [6, 6.07) is 5.35. The van der Waals surface area contributed by atoms with E-state index in [-0.39, 0.29) is 17.0 Å². The minimum absolute atomic E-state index is 0.149. The molecule has 3 rings (SSSR count). The molecule has 0 fully saturated rings. The van der Waals surface area contributed by atoms with Crippen LogP contribution in [0.2, 0.25) is 0 Å². The molecule has 20 heavy (non-hydrogen) atoms. The zero-order chi connectivity index (χ0) is 14.3. The summed E-state index contributed by atoms with van der Waals surface area (Å²) >= 11 is 3.22. The van der Waals surface area contributed by atoms with Gasteiger partial charge >= 0.3 is 5.69 Å². The van der Waals surface area contributed by atoms with E-state index in [9.17, 15) is 14.5 Å². The molecular formula is C12H5BrFN3O3. The van der Waals surface area contributed by atoms with Gasteiger partial charge in [0.2, 0.25) is 11.7 Å². The lowest BCUT2D eigenvalue weighted by Crippen LogP contribution is -1.91. The van der Waals surface area contributed by atoms with Crippen LogP contribution in [0, 0.1) is 15.9 Å². The topological polar surface area (TPSA) is 82.1 Å². The minimum atomic E-state index is -0.957. The molecule has 0 amide bonds. The number of nitro groups is 1. The van der Waals surface area contributed by atoms with E-state index in [0.717, 1.165) is 12.1 Å². The highest BCUT2D eigenvalue weighted by Crippen LogP contribution is 2.29. The molecule has 8 heteroatoms. The monoisotopic (exact) mass is 337 g/mol. The Hall–Kier alpha value is -2.35. The summed E-state index contributed by atoms with van der Waals surface area (Å²) in [5, 5.41) is 10.7. The molecular weight excluding hydrogens is 333 g/mol. The van der Waals surface area contributed by atoms with E-state index in [2.05, 4.69) is 25.9 Å². The molecule has 0 aliphatic heterocycles. The molecule has 100 valence electrons. The highest BCUT2D eigenvalue weighted by atomic mass is 79.9. The molecule has 3 aromatic rings. The molecule has 0 spiro atoms. The molecule has 0 aliphatic rings. The van der Waals surface area contributed by atoms with Crippen LogP contribution in [-0.4, -0.2) is 14.9 Å². The van der Waals surface area contributed by atoms with Crippen molar-refractivity contribution < 1.29 is 13.7 Å². The number of aromatic nitrogens is 2. The van der Waals surface area contributed by atoms with E-state index in [1.54, 1.807) is 18.3 Å². The van der Waals surface area contributed by atoms with Gasteiger partial charge < -0.3 is 4.42 Å². The van der Waals surface area contributed by atoms with Crippen molar-refractivity contribution in [2.75, 3.05) is 0 Å². The van der Waals surface area contributed by atoms with Crippen molar-refractivity contribution in [3.05, 3.63) is 51.0 Å². The zero-order valence-electron chi connectivity index (χ0n) is 9.71. The van der Waals surface area contributed by atoms with Crippen LogP contribution in [0.25, 0.3) is 22.6 Å². The average Bonchev–Trinajstić information content (AvgIpc) is 2.80. The van der Waals surface area contributed by atoms with Crippen LogP contribution in [0.1, 0.15) is 0 Å². The van der Waals surface area contributed by atoms with Crippen LogP contribution < -0.4 is 0 Å². The standard InChI is InChI=1S/C12H5BrFN3O3/c13-11-3-6(1-2-15-11)12-16-8-5-9(17(18)19)7(14)4-10(8)20-12/h1-5H. The van der Waals surface area contributed by atoms with Gasteiger partial charge in [-0.05, 0) is 28.1 Å². The maximum atomic E-state index is 13.5. The Morgan fingerprint density at radius 1 is 1.35 bits per heavy atom. The van der Waals surface area contributed by atoms with Crippen molar-refractivity contribution in [1.82, 2.24) is 9.97 Å². The number of fused-ring (bicyclic) bond motifs is 1. The normalized spacial score (nSPS) is 10.9. The van der Waals surface area contributed by atoms with Crippen molar-refractivity contribution in [2.24, 2.45) is 0 Å². The Kier molecular flexibility index (Phi) is 2.94. The van der Waals surface area contributed by atoms with Gasteiger partial charge in [-0.2, -0.15) is 4.39 Å². The molecule has 0 radical (unpaired) electrons. The third-order valence-electron chi connectivity index (χ3n) is 2.63. The summed E-state index contributed by atoms with van der Waals surface area (Å²) in [7, 11) is 0. The van der Waals surface area contributed by atoms with Crippen LogP contribution in [0.15, 0.2) is 39.5 Å². The van der Waals surface area contributed by atoms with Crippen molar-refractivity contribution in [3.8, 4) is 11.5 Å². The first-order valence-corrected chi connectivity index (χ1v) is 6.20. The first kappa shape index (κ1) is 12.7. The van der Waals surface area contributed by atoms with Gasteiger partial charge in [-0.3, -0.25) is 10.1 Å². The smallest absolute Gasteiger partial charge is 0.307 e. The summed E-state index contributed by atoms with van der Waals surface area (Å²) < 4.78 is 19.5. The molecule has 0 saturated carbocycles. The van der Waals surface area contributed by atoms with Crippen LogP contribution in [-0.2, 0) is 0 Å². The second-order valence-corrected chi connectivity index (χ2v) is 4.73. The van der Waals surface area contributed by atoms with E-state index in [1.807, 2.05) is 0 Å². The lowest BCUT2D eigenvalue weighted by molar-refractivity contribution is -0.387. The first-order valence-electron chi connectivity index (χ1n) is 5.41. The van der Waals surface area contributed by atoms with Gasteiger partial charge in [0.1, 0.15) is 10.1 Å². The van der Waals surface area contributed by atoms with Gasteiger partial charge in [-0.25, -0.2) is 9.97 Å². The van der Waals surface area contributed by atoms with Crippen molar-refractivity contribution in [2.45, 2.75) is 0 Å².